The van der Waals surface area contributed by atoms with E-state index in [0.717, 1.165) is 0 Å². The summed E-state index contributed by atoms with van der Waals surface area (Å²) in [6.45, 7) is 1.75. The van der Waals surface area contributed by atoms with Gasteiger partial charge < -0.3 is 9.84 Å². The quantitative estimate of drug-likeness (QED) is 0.831. The van der Waals surface area contributed by atoms with E-state index in [1.165, 1.54) is 6.07 Å². The van der Waals surface area contributed by atoms with Crippen LogP contribution in [0.3, 0.4) is 0 Å². The van der Waals surface area contributed by atoms with Gasteiger partial charge in [-0.25, -0.2) is 0 Å². The van der Waals surface area contributed by atoms with Crippen molar-refractivity contribution in [3.8, 4) is 6.07 Å². The van der Waals surface area contributed by atoms with Gasteiger partial charge >= 0.3 is 5.97 Å². The first-order valence-electron chi connectivity index (χ1n) is 5.10. The third kappa shape index (κ3) is 3.19. The van der Waals surface area contributed by atoms with E-state index in [4.69, 9.17) is 26.7 Å². The van der Waals surface area contributed by atoms with Crippen LogP contribution >= 0.6 is 11.6 Å². The standard InChI is InChI=1S/C12H12ClNO3/c1-2-17-11(16)5-10-9(7-15)4-3-8(6-14)12(10)13/h3-4,15H,2,5,7H2,1H3. The number of hydrogen-bond donors (Lipinski definition) is 1. The van der Waals surface area contributed by atoms with Crippen molar-refractivity contribution in [3.05, 3.63) is 33.8 Å². The molecule has 90 valence electrons. The zero-order valence-electron chi connectivity index (χ0n) is 9.36. The maximum Gasteiger partial charge on any atom is 0.310 e. The Morgan fingerprint density at radius 1 is 1.59 bits per heavy atom. The Kier molecular flexibility index (Phi) is 4.95. The fraction of sp³-hybridized carbons (Fsp3) is 0.333. The molecule has 0 aromatic heterocycles. The van der Waals surface area contributed by atoms with Crippen molar-refractivity contribution in [1.29, 1.82) is 5.26 Å². The Morgan fingerprint density at radius 3 is 2.82 bits per heavy atom. The highest BCUT2D eigenvalue weighted by molar-refractivity contribution is 6.32. The van der Waals surface area contributed by atoms with Gasteiger partial charge in [0.2, 0.25) is 0 Å². The molecule has 0 fully saturated rings. The molecule has 0 aliphatic rings. The van der Waals surface area contributed by atoms with Gasteiger partial charge in [0.05, 0.1) is 30.2 Å². The number of hydrogen-bond acceptors (Lipinski definition) is 4. The van der Waals surface area contributed by atoms with Crippen molar-refractivity contribution in [2.24, 2.45) is 0 Å². The molecule has 1 aromatic rings. The molecule has 0 aliphatic carbocycles. The van der Waals surface area contributed by atoms with E-state index in [0.29, 0.717) is 11.1 Å². The summed E-state index contributed by atoms with van der Waals surface area (Å²) >= 11 is 6.00. The average molecular weight is 254 g/mol. The van der Waals surface area contributed by atoms with Crippen LogP contribution in [0.2, 0.25) is 5.02 Å². The van der Waals surface area contributed by atoms with E-state index < -0.39 is 5.97 Å². The van der Waals surface area contributed by atoms with Crippen LogP contribution in [0.1, 0.15) is 23.6 Å². The molecule has 0 amide bonds. The first kappa shape index (κ1) is 13.5. The summed E-state index contributed by atoms with van der Waals surface area (Å²) < 4.78 is 4.81. The zero-order valence-corrected chi connectivity index (χ0v) is 10.1. The largest absolute Gasteiger partial charge is 0.466 e. The predicted molar refractivity (Wildman–Crippen MR) is 62.4 cm³/mol. The molecule has 17 heavy (non-hydrogen) atoms. The smallest absolute Gasteiger partial charge is 0.310 e. The summed E-state index contributed by atoms with van der Waals surface area (Å²) in [6, 6.07) is 5.03. The fourth-order valence-corrected chi connectivity index (χ4v) is 1.74. The minimum atomic E-state index is -0.431. The van der Waals surface area contributed by atoms with Gasteiger partial charge in [-0.3, -0.25) is 4.79 Å². The molecule has 0 heterocycles. The zero-order chi connectivity index (χ0) is 12.8. The van der Waals surface area contributed by atoms with E-state index in [-0.39, 0.29) is 30.2 Å². The molecule has 1 aromatic carbocycles. The van der Waals surface area contributed by atoms with Crippen LogP contribution in [0.4, 0.5) is 0 Å². The van der Waals surface area contributed by atoms with Crippen molar-refractivity contribution in [2.45, 2.75) is 20.0 Å². The minimum Gasteiger partial charge on any atom is -0.466 e. The molecule has 0 aliphatic heterocycles. The molecule has 1 N–H and O–H groups in total. The number of halogens is 1. The number of carbonyl (C=O) groups excluding carboxylic acids is 1. The molecule has 1 rings (SSSR count). The van der Waals surface area contributed by atoms with E-state index >= 15 is 0 Å². The number of carbonyl (C=O) groups is 1. The highest BCUT2D eigenvalue weighted by Crippen LogP contribution is 2.25. The molecule has 0 bridgehead atoms. The van der Waals surface area contributed by atoms with E-state index in [1.54, 1.807) is 13.0 Å². The van der Waals surface area contributed by atoms with Gasteiger partial charge in [-0.15, -0.1) is 0 Å². The lowest BCUT2D eigenvalue weighted by molar-refractivity contribution is -0.142. The first-order chi connectivity index (χ1) is 8.13. The first-order valence-corrected chi connectivity index (χ1v) is 5.48. The predicted octanol–water partition coefficient (Wildman–Crippen LogP) is 1.81. The number of nitrogens with zero attached hydrogens (tertiary/aromatic N) is 1. The van der Waals surface area contributed by atoms with Crippen molar-refractivity contribution in [1.82, 2.24) is 0 Å². The number of aliphatic hydroxyl groups is 1. The van der Waals surface area contributed by atoms with E-state index in [2.05, 4.69) is 0 Å². The number of rotatable bonds is 4. The fourth-order valence-electron chi connectivity index (χ4n) is 1.44. The van der Waals surface area contributed by atoms with Crippen LogP contribution in [0, 0.1) is 11.3 Å². The molecule has 4 nitrogen and oxygen atoms in total. The lowest BCUT2D eigenvalue weighted by atomic mass is 10.0. The van der Waals surface area contributed by atoms with Crippen LogP contribution in [0.15, 0.2) is 12.1 Å². The van der Waals surface area contributed by atoms with Crippen molar-refractivity contribution in [3.63, 3.8) is 0 Å². The second-order valence-corrected chi connectivity index (χ2v) is 3.69. The third-order valence-electron chi connectivity index (χ3n) is 2.26. The second-order valence-electron chi connectivity index (χ2n) is 3.32. The van der Waals surface area contributed by atoms with Crippen LogP contribution in [-0.2, 0) is 22.6 Å². The second kappa shape index (κ2) is 6.24. The van der Waals surface area contributed by atoms with Crippen molar-refractivity contribution < 1.29 is 14.6 Å². The Bertz CT molecular complexity index is 466. The number of nitriles is 1. The monoisotopic (exact) mass is 253 g/mol. The number of ether oxygens (including phenoxy) is 1. The van der Waals surface area contributed by atoms with Gasteiger partial charge in [0.1, 0.15) is 6.07 Å². The molecule has 0 saturated carbocycles. The summed E-state index contributed by atoms with van der Waals surface area (Å²) in [6.07, 6.45) is -0.0436. The maximum absolute atomic E-state index is 11.4. The normalized spacial score (nSPS) is 9.76. The Balaban J connectivity index is 3.11. The topological polar surface area (TPSA) is 70.3 Å². The average Bonchev–Trinajstić information content (AvgIpc) is 2.32. The van der Waals surface area contributed by atoms with Crippen LogP contribution in [0.5, 0.6) is 0 Å². The molecule has 0 atom stereocenters. The van der Waals surface area contributed by atoms with E-state index in [9.17, 15) is 4.79 Å². The molecule has 0 radical (unpaired) electrons. The van der Waals surface area contributed by atoms with Gasteiger partial charge in [0.15, 0.2) is 0 Å². The summed E-state index contributed by atoms with van der Waals surface area (Å²) in [7, 11) is 0. The number of benzene rings is 1. The van der Waals surface area contributed by atoms with Crippen LogP contribution in [-0.4, -0.2) is 17.7 Å². The molecular formula is C12H12ClNO3. The van der Waals surface area contributed by atoms with Crippen LogP contribution in [0.25, 0.3) is 0 Å². The maximum atomic E-state index is 11.4. The van der Waals surface area contributed by atoms with Gasteiger partial charge in [-0.1, -0.05) is 17.7 Å². The molecule has 5 heteroatoms. The highest BCUT2D eigenvalue weighted by atomic mass is 35.5. The number of esters is 1. The third-order valence-corrected chi connectivity index (χ3v) is 2.69. The van der Waals surface area contributed by atoms with Crippen molar-refractivity contribution >= 4 is 17.6 Å². The SMILES string of the molecule is CCOC(=O)Cc1c(CO)ccc(C#N)c1Cl. The highest BCUT2D eigenvalue weighted by Gasteiger charge is 2.15. The molecule has 0 saturated heterocycles. The Hall–Kier alpha value is -1.57. The summed E-state index contributed by atoms with van der Waals surface area (Å²) in [5.74, 6) is -0.431. The molecule has 0 spiro atoms. The minimum absolute atomic E-state index is 0.0436. The van der Waals surface area contributed by atoms with E-state index in [1.807, 2.05) is 6.07 Å². The molecule has 0 unspecified atom stereocenters. The lowest BCUT2D eigenvalue weighted by Crippen LogP contribution is -2.10. The van der Waals surface area contributed by atoms with Gasteiger partial charge in [-0.2, -0.15) is 5.26 Å². The van der Waals surface area contributed by atoms with Gasteiger partial charge in [0, 0.05) is 0 Å². The molecular weight excluding hydrogens is 242 g/mol. The van der Waals surface area contributed by atoms with Crippen molar-refractivity contribution in [2.75, 3.05) is 6.61 Å². The Morgan fingerprint density at radius 2 is 2.29 bits per heavy atom. The summed E-state index contributed by atoms with van der Waals surface area (Å²) in [5, 5.41) is 18.2. The van der Waals surface area contributed by atoms with Gasteiger partial charge in [0.25, 0.3) is 0 Å². The Labute approximate surface area is 104 Å². The summed E-state index contributed by atoms with van der Waals surface area (Å²) in [4.78, 5) is 11.4. The summed E-state index contributed by atoms with van der Waals surface area (Å²) in [5.41, 5.74) is 1.26. The lowest BCUT2D eigenvalue weighted by Gasteiger charge is -2.10. The van der Waals surface area contributed by atoms with Gasteiger partial charge in [-0.05, 0) is 24.1 Å². The van der Waals surface area contributed by atoms with Crippen LogP contribution < -0.4 is 0 Å². The number of aliphatic hydroxyl groups excluding tert-OH is 1.